The number of alkyl carbamates (subject to hydrolysis) is 1. The number of nitrogens with two attached hydrogens (primary N) is 1. The number of rotatable bonds is 14. The molecular formula is C29H48N4O5. The Kier molecular flexibility index (Phi) is 13.3. The fraction of sp³-hybridized carbons (Fsp3) is 0.655. The maximum Gasteiger partial charge on any atom is 0.408 e. The zero-order valence-electron chi connectivity index (χ0n) is 24.5. The molecule has 0 spiro atoms. The van der Waals surface area contributed by atoms with Crippen LogP contribution in [0.2, 0.25) is 0 Å². The Bertz CT molecular complexity index is 957. The number of nitrogens with one attached hydrogen (secondary N) is 2. The first kappa shape index (κ1) is 32.9. The van der Waals surface area contributed by atoms with Crippen molar-refractivity contribution >= 4 is 23.8 Å². The molecule has 0 aliphatic carbocycles. The Balaban J connectivity index is 3.54. The van der Waals surface area contributed by atoms with E-state index in [1.807, 2.05) is 52.8 Å². The minimum atomic E-state index is -1.09. The molecular weight excluding hydrogens is 484 g/mol. The highest BCUT2D eigenvalue weighted by Gasteiger charge is 2.36. The topological polar surface area (TPSA) is 131 Å². The lowest BCUT2D eigenvalue weighted by atomic mass is 9.97. The molecule has 1 rings (SSSR count). The normalized spacial score (nSPS) is 13.7. The molecule has 214 valence electrons. The van der Waals surface area contributed by atoms with Gasteiger partial charge in [0.2, 0.25) is 17.7 Å². The number of ether oxygens (including phenoxy) is 1. The first-order valence-electron chi connectivity index (χ1n) is 13.7. The first-order valence-corrected chi connectivity index (χ1v) is 13.7. The van der Waals surface area contributed by atoms with Gasteiger partial charge in [-0.05, 0) is 77.5 Å². The second-order valence-corrected chi connectivity index (χ2v) is 11.0. The maximum absolute atomic E-state index is 14.1. The summed E-state index contributed by atoms with van der Waals surface area (Å²) in [5.74, 6) is -1.35. The van der Waals surface area contributed by atoms with Gasteiger partial charge in [0.15, 0.2) is 0 Å². The van der Waals surface area contributed by atoms with E-state index in [1.54, 1.807) is 20.8 Å². The third-order valence-electron chi connectivity index (χ3n) is 6.22. The molecule has 0 saturated carbocycles. The molecule has 0 bridgehead atoms. The van der Waals surface area contributed by atoms with Crippen LogP contribution in [0.25, 0.3) is 0 Å². The number of nitrogens with zero attached hydrogens (tertiary/aromatic N) is 1. The largest absolute Gasteiger partial charge is 0.444 e. The van der Waals surface area contributed by atoms with Crippen molar-refractivity contribution in [2.45, 2.75) is 118 Å². The summed E-state index contributed by atoms with van der Waals surface area (Å²) in [5, 5.41) is 5.69. The third-order valence-corrected chi connectivity index (χ3v) is 6.22. The van der Waals surface area contributed by atoms with E-state index < -0.39 is 35.6 Å². The number of hydrogen-bond donors (Lipinski definition) is 3. The molecule has 0 aliphatic heterocycles. The number of carbonyl (C=O) groups excluding carboxylic acids is 4. The molecule has 1 aromatic carbocycles. The second-order valence-electron chi connectivity index (χ2n) is 11.0. The van der Waals surface area contributed by atoms with Crippen LogP contribution >= 0.6 is 0 Å². The summed E-state index contributed by atoms with van der Waals surface area (Å²) in [4.78, 5) is 53.5. The Labute approximate surface area is 228 Å². The number of benzene rings is 1. The van der Waals surface area contributed by atoms with Crippen LogP contribution in [-0.2, 0) is 19.1 Å². The van der Waals surface area contributed by atoms with E-state index in [2.05, 4.69) is 10.6 Å². The average Bonchev–Trinajstić information content (AvgIpc) is 2.79. The zero-order valence-corrected chi connectivity index (χ0v) is 24.5. The van der Waals surface area contributed by atoms with E-state index in [4.69, 9.17) is 10.5 Å². The van der Waals surface area contributed by atoms with Crippen LogP contribution in [0.15, 0.2) is 18.2 Å². The number of carbonyl (C=O) groups is 4. The molecule has 0 aromatic heterocycles. The van der Waals surface area contributed by atoms with Gasteiger partial charge in [-0.2, -0.15) is 0 Å². The van der Waals surface area contributed by atoms with Gasteiger partial charge in [-0.1, -0.05) is 44.9 Å². The molecule has 0 heterocycles. The molecule has 4 N–H and O–H groups in total. The van der Waals surface area contributed by atoms with Crippen LogP contribution in [-0.4, -0.2) is 52.9 Å². The first-order chi connectivity index (χ1) is 17.7. The standard InChI is InChI=1S/C29H48N4O5/c1-9-11-17-33(27(36)23(15-16-24(30)34)32-28(37)38-29(6,7)8)25(26(35)31-21(5)12-10-2)22-14-13-19(3)20(4)18-22/h13-14,18,21,23,25H,9-12,15-17H2,1-8H3,(H2,30,34)(H,31,35)(H,32,37). The van der Waals surface area contributed by atoms with Gasteiger partial charge in [-0.15, -0.1) is 0 Å². The second kappa shape index (κ2) is 15.3. The molecule has 3 atom stereocenters. The summed E-state index contributed by atoms with van der Waals surface area (Å²) in [7, 11) is 0. The van der Waals surface area contributed by atoms with Gasteiger partial charge in [-0.25, -0.2) is 4.79 Å². The highest BCUT2D eigenvalue weighted by atomic mass is 16.6. The van der Waals surface area contributed by atoms with Gasteiger partial charge in [0.1, 0.15) is 17.7 Å². The van der Waals surface area contributed by atoms with Crippen molar-refractivity contribution in [2.24, 2.45) is 5.73 Å². The average molecular weight is 533 g/mol. The van der Waals surface area contributed by atoms with E-state index in [-0.39, 0.29) is 24.8 Å². The van der Waals surface area contributed by atoms with Crippen molar-refractivity contribution in [3.8, 4) is 0 Å². The van der Waals surface area contributed by atoms with Crippen LogP contribution < -0.4 is 16.4 Å². The van der Waals surface area contributed by atoms with Gasteiger partial charge in [0, 0.05) is 19.0 Å². The molecule has 9 heteroatoms. The summed E-state index contributed by atoms with van der Waals surface area (Å²) in [6, 6.07) is 3.65. The van der Waals surface area contributed by atoms with Gasteiger partial charge in [0.05, 0.1) is 0 Å². The van der Waals surface area contributed by atoms with Crippen LogP contribution in [0.1, 0.15) is 103 Å². The fourth-order valence-electron chi connectivity index (χ4n) is 4.12. The lowest BCUT2D eigenvalue weighted by Crippen LogP contribution is -2.54. The monoisotopic (exact) mass is 532 g/mol. The van der Waals surface area contributed by atoms with Crippen LogP contribution in [0.3, 0.4) is 0 Å². The van der Waals surface area contributed by atoms with Crippen LogP contribution in [0.4, 0.5) is 4.79 Å². The van der Waals surface area contributed by atoms with Crippen molar-refractivity contribution in [2.75, 3.05) is 6.54 Å². The smallest absolute Gasteiger partial charge is 0.408 e. The Morgan fingerprint density at radius 1 is 1.00 bits per heavy atom. The van der Waals surface area contributed by atoms with E-state index in [0.717, 1.165) is 30.4 Å². The molecule has 3 unspecified atom stereocenters. The maximum atomic E-state index is 14.1. The van der Waals surface area contributed by atoms with E-state index in [9.17, 15) is 19.2 Å². The summed E-state index contributed by atoms with van der Waals surface area (Å²) in [6.07, 6.45) is 2.26. The summed E-state index contributed by atoms with van der Waals surface area (Å²) in [6.45, 7) is 15.4. The van der Waals surface area contributed by atoms with Gasteiger partial charge in [-0.3, -0.25) is 14.4 Å². The van der Waals surface area contributed by atoms with Crippen LogP contribution in [0, 0.1) is 13.8 Å². The molecule has 1 aromatic rings. The van der Waals surface area contributed by atoms with E-state index in [1.165, 1.54) is 4.90 Å². The lowest BCUT2D eigenvalue weighted by Gasteiger charge is -2.35. The van der Waals surface area contributed by atoms with Crippen molar-refractivity contribution in [3.63, 3.8) is 0 Å². The van der Waals surface area contributed by atoms with Crippen LogP contribution in [0.5, 0.6) is 0 Å². The fourth-order valence-corrected chi connectivity index (χ4v) is 4.12. The molecule has 0 fully saturated rings. The quantitative estimate of drug-likeness (QED) is 0.326. The lowest BCUT2D eigenvalue weighted by molar-refractivity contribution is -0.143. The Morgan fingerprint density at radius 2 is 1.66 bits per heavy atom. The molecule has 0 aliphatic rings. The summed E-state index contributed by atoms with van der Waals surface area (Å²) in [5.41, 5.74) is 7.35. The Hall–Kier alpha value is -3.10. The molecule has 38 heavy (non-hydrogen) atoms. The minimum absolute atomic E-state index is 0.0104. The van der Waals surface area contributed by atoms with E-state index in [0.29, 0.717) is 18.5 Å². The van der Waals surface area contributed by atoms with Crippen molar-refractivity contribution in [1.82, 2.24) is 15.5 Å². The van der Waals surface area contributed by atoms with Gasteiger partial charge >= 0.3 is 6.09 Å². The van der Waals surface area contributed by atoms with Gasteiger partial charge < -0.3 is 26.0 Å². The highest BCUT2D eigenvalue weighted by Crippen LogP contribution is 2.26. The number of hydrogen-bond acceptors (Lipinski definition) is 5. The predicted molar refractivity (Wildman–Crippen MR) is 149 cm³/mol. The van der Waals surface area contributed by atoms with E-state index >= 15 is 0 Å². The highest BCUT2D eigenvalue weighted by molar-refractivity contribution is 5.92. The number of unbranched alkanes of at least 4 members (excludes halogenated alkanes) is 1. The number of aryl methyl sites for hydroxylation is 2. The van der Waals surface area contributed by atoms with Gasteiger partial charge in [0.25, 0.3) is 0 Å². The predicted octanol–water partition coefficient (Wildman–Crippen LogP) is 4.44. The zero-order chi connectivity index (χ0) is 29.0. The SMILES string of the molecule is CCCCN(C(=O)C(CCC(N)=O)NC(=O)OC(C)(C)C)C(C(=O)NC(C)CCC)c1ccc(C)c(C)c1. The van der Waals surface area contributed by atoms with Crippen molar-refractivity contribution in [3.05, 3.63) is 34.9 Å². The molecule has 0 radical (unpaired) electrons. The third kappa shape index (κ3) is 11.1. The molecule has 9 nitrogen and oxygen atoms in total. The molecule has 0 saturated heterocycles. The molecule has 4 amide bonds. The summed E-state index contributed by atoms with van der Waals surface area (Å²) < 4.78 is 5.37. The number of primary amides is 1. The van der Waals surface area contributed by atoms with Crippen molar-refractivity contribution in [1.29, 1.82) is 0 Å². The Morgan fingerprint density at radius 3 is 2.18 bits per heavy atom. The van der Waals surface area contributed by atoms with Crippen molar-refractivity contribution < 1.29 is 23.9 Å². The summed E-state index contributed by atoms with van der Waals surface area (Å²) >= 11 is 0. The minimum Gasteiger partial charge on any atom is -0.444 e. The number of amides is 4.